The van der Waals surface area contributed by atoms with E-state index in [1.807, 2.05) is 24.3 Å². The lowest BCUT2D eigenvalue weighted by Crippen LogP contribution is -2.35. The molecule has 1 rings (SSSR count). The SMILES string of the molecule is O=C(O)CNC(=O)N/C=C/c1ccc(Br)cc1. The van der Waals surface area contributed by atoms with Crippen LogP contribution in [-0.2, 0) is 4.79 Å². The van der Waals surface area contributed by atoms with Gasteiger partial charge >= 0.3 is 12.0 Å². The highest BCUT2D eigenvalue weighted by atomic mass is 79.9. The number of carbonyl (C=O) groups excluding carboxylic acids is 1. The summed E-state index contributed by atoms with van der Waals surface area (Å²) in [4.78, 5) is 21.2. The van der Waals surface area contributed by atoms with Crippen molar-refractivity contribution < 1.29 is 14.7 Å². The van der Waals surface area contributed by atoms with Crippen LogP contribution >= 0.6 is 15.9 Å². The summed E-state index contributed by atoms with van der Waals surface area (Å²) < 4.78 is 0.974. The Labute approximate surface area is 107 Å². The number of carboxylic acid groups (broad SMARTS) is 1. The zero-order valence-corrected chi connectivity index (χ0v) is 10.4. The van der Waals surface area contributed by atoms with Gasteiger partial charge in [0.25, 0.3) is 0 Å². The van der Waals surface area contributed by atoms with Crippen LogP contribution in [0.25, 0.3) is 6.08 Å². The van der Waals surface area contributed by atoms with Gasteiger partial charge in [0, 0.05) is 10.7 Å². The summed E-state index contributed by atoms with van der Waals surface area (Å²) >= 11 is 3.31. The Morgan fingerprint density at radius 2 is 1.94 bits per heavy atom. The third-order valence-electron chi connectivity index (χ3n) is 1.76. The molecule has 0 saturated heterocycles. The van der Waals surface area contributed by atoms with Crippen LogP contribution in [-0.4, -0.2) is 23.7 Å². The minimum atomic E-state index is -1.09. The zero-order valence-electron chi connectivity index (χ0n) is 8.81. The van der Waals surface area contributed by atoms with Gasteiger partial charge in [-0.3, -0.25) is 4.79 Å². The molecular formula is C11H11BrN2O3. The lowest BCUT2D eigenvalue weighted by atomic mass is 10.2. The fourth-order valence-electron chi connectivity index (χ4n) is 0.994. The summed E-state index contributed by atoms with van der Waals surface area (Å²) in [6, 6.07) is 6.95. The molecule has 1 aromatic carbocycles. The predicted octanol–water partition coefficient (Wildman–Crippen LogP) is 1.80. The van der Waals surface area contributed by atoms with Crippen molar-refractivity contribution in [2.24, 2.45) is 0 Å². The first-order valence-electron chi connectivity index (χ1n) is 4.76. The van der Waals surface area contributed by atoms with Gasteiger partial charge in [-0.2, -0.15) is 0 Å². The number of urea groups is 1. The van der Waals surface area contributed by atoms with Crippen molar-refractivity contribution in [3.63, 3.8) is 0 Å². The second-order valence-corrected chi connectivity index (χ2v) is 4.02. The molecule has 1 aromatic rings. The van der Waals surface area contributed by atoms with Crippen LogP contribution in [0.2, 0.25) is 0 Å². The molecule has 90 valence electrons. The maximum atomic E-state index is 11.0. The van der Waals surface area contributed by atoms with Crippen LogP contribution in [0.15, 0.2) is 34.9 Å². The lowest BCUT2D eigenvalue weighted by molar-refractivity contribution is -0.135. The zero-order chi connectivity index (χ0) is 12.7. The van der Waals surface area contributed by atoms with Gasteiger partial charge in [-0.05, 0) is 23.8 Å². The number of carboxylic acids is 1. The van der Waals surface area contributed by atoms with Crippen molar-refractivity contribution in [3.8, 4) is 0 Å². The first-order valence-corrected chi connectivity index (χ1v) is 5.55. The first kappa shape index (κ1) is 13.2. The molecule has 0 bridgehead atoms. The van der Waals surface area contributed by atoms with E-state index in [1.165, 1.54) is 6.20 Å². The Balaban J connectivity index is 2.37. The van der Waals surface area contributed by atoms with E-state index in [0.717, 1.165) is 10.0 Å². The molecule has 0 unspecified atom stereocenters. The topological polar surface area (TPSA) is 78.4 Å². The Bertz CT molecular complexity index is 429. The Hall–Kier alpha value is -1.82. The lowest BCUT2D eigenvalue weighted by Gasteiger charge is -2.00. The second-order valence-electron chi connectivity index (χ2n) is 3.11. The molecule has 0 heterocycles. The third-order valence-corrected chi connectivity index (χ3v) is 2.29. The molecule has 0 aliphatic rings. The fraction of sp³-hybridized carbons (Fsp3) is 0.0909. The average Bonchev–Trinajstić information content (AvgIpc) is 2.29. The van der Waals surface area contributed by atoms with Gasteiger partial charge in [-0.15, -0.1) is 0 Å². The Morgan fingerprint density at radius 1 is 1.29 bits per heavy atom. The predicted molar refractivity (Wildman–Crippen MR) is 67.3 cm³/mol. The van der Waals surface area contributed by atoms with E-state index >= 15 is 0 Å². The van der Waals surface area contributed by atoms with E-state index < -0.39 is 18.5 Å². The first-order chi connectivity index (χ1) is 8.08. The van der Waals surface area contributed by atoms with E-state index in [0.29, 0.717) is 0 Å². The molecule has 6 heteroatoms. The number of hydrogen-bond donors (Lipinski definition) is 3. The average molecular weight is 299 g/mol. The number of amides is 2. The highest BCUT2D eigenvalue weighted by Gasteiger charge is 1.99. The van der Waals surface area contributed by atoms with Crippen LogP contribution in [0.3, 0.4) is 0 Å². The fourth-order valence-corrected chi connectivity index (χ4v) is 1.26. The Morgan fingerprint density at radius 3 is 2.53 bits per heavy atom. The molecule has 0 fully saturated rings. The van der Waals surface area contributed by atoms with Crippen LogP contribution in [0.4, 0.5) is 4.79 Å². The van der Waals surface area contributed by atoms with Crippen molar-refractivity contribution in [1.82, 2.24) is 10.6 Å². The molecule has 0 saturated carbocycles. The van der Waals surface area contributed by atoms with Crippen LogP contribution < -0.4 is 10.6 Å². The van der Waals surface area contributed by atoms with Gasteiger partial charge in [0.2, 0.25) is 0 Å². The molecule has 0 radical (unpaired) electrons. The highest BCUT2D eigenvalue weighted by molar-refractivity contribution is 9.10. The van der Waals surface area contributed by atoms with E-state index in [2.05, 4.69) is 26.6 Å². The monoisotopic (exact) mass is 298 g/mol. The minimum absolute atomic E-state index is 0.405. The van der Waals surface area contributed by atoms with E-state index in [1.54, 1.807) is 6.08 Å². The maximum Gasteiger partial charge on any atom is 0.323 e. The van der Waals surface area contributed by atoms with Crippen LogP contribution in [0, 0.1) is 0 Å². The summed E-state index contributed by atoms with van der Waals surface area (Å²) in [5.74, 6) is -1.09. The quantitative estimate of drug-likeness (QED) is 0.793. The van der Waals surface area contributed by atoms with Gasteiger partial charge in [0.1, 0.15) is 6.54 Å². The summed E-state index contributed by atoms with van der Waals surface area (Å²) in [5.41, 5.74) is 0.923. The van der Waals surface area contributed by atoms with Gasteiger partial charge < -0.3 is 15.7 Å². The minimum Gasteiger partial charge on any atom is -0.480 e. The van der Waals surface area contributed by atoms with E-state index in [9.17, 15) is 9.59 Å². The summed E-state index contributed by atoms with van der Waals surface area (Å²) in [5, 5.41) is 12.9. The number of halogens is 1. The van der Waals surface area contributed by atoms with Crippen molar-refractivity contribution in [2.75, 3.05) is 6.54 Å². The number of carbonyl (C=O) groups is 2. The molecular weight excluding hydrogens is 288 g/mol. The molecule has 0 aliphatic carbocycles. The molecule has 0 aromatic heterocycles. The summed E-state index contributed by atoms with van der Waals surface area (Å²) in [6.45, 7) is -0.405. The summed E-state index contributed by atoms with van der Waals surface area (Å²) in [7, 11) is 0. The smallest absolute Gasteiger partial charge is 0.323 e. The van der Waals surface area contributed by atoms with Gasteiger partial charge in [0.15, 0.2) is 0 Å². The number of rotatable bonds is 4. The molecule has 0 spiro atoms. The van der Waals surface area contributed by atoms with E-state index in [4.69, 9.17) is 5.11 Å². The van der Waals surface area contributed by atoms with E-state index in [-0.39, 0.29) is 0 Å². The van der Waals surface area contributed by atoms with Gasteiger partial charge in [0.05, 0.1) is 0 Å². The highest BCUT2D eigenvalue weighted by Crippen LogP contribution is 2.10. The number of benzene rings is 1. The number of hydrogen-bond acceptors (Lipinski definition) is 2. The number of nitrogens with one attached hydrogen (secondary N) is 2. The molecule has 2 amide bonds. The van der Waals surface area contributed by atoms with Crippen LogP contribution in [0.1, 0.15) is 5.56 Å². The van der Waals surface area contributed by atoms with Crippen molar-refractivity contribution in [1.29, 1.82) is 0 Å². The van der Waals surface area contributed by atoms with Gasteiger partial charge in [-0.25, -0.2) is 4.79 Å². The van der Waals surface area contributed by atoms with Crippen LogP contribution in [0.5, 0.6) is 0 Å². The number of aliphatic carboxylic acids is 1. The second kappa shape index (κ2) is 6.70. The van der Waals surface area contributed by atoms with Gasteiger partial charge in [-0.1, -0.05) is 28.1 Å². The van der Waals surface area contributed by atoms with Crippen molar-refractivity contribution >= 4 is 34.0 Å². The largest absolute Gasteiger partial charge is 0.480 e. The molecule has 17 heavy (non-hydrogen) atoms. The van der Waals surface area contributed by atoms with Crippen molar-refractivity contribution in [2.45, 2.75) is 0 Å². The van der Waals surface area contributed by atoms with Crippen molar-refractivity contribution in [3.05, 3.63) is 40.5 Å². The molecule has 3 N–H and O–H groups in total. The summed E-state index contributed by atoms with van der Waals surface area (Å²) in [6.07, 6.45) is 3.15. The third kappa shape index (κ3) is 5.72. The standard InChI is InChI=1S/C11H11BrN2O3/c12-9-3-1-8(2-4-9)5-6-13-11(17)14-7-10(15)16/h1-6H,7H2,(H,15,16)(H2,13,14,17)/b6-5+. The maximum absolute atomic E-state index is 11.0. The normalized spacial score (nSPS) is 10.2. The molecule has 0 atom stereocenters. The Kier molecular flexibility index (Phi) is 5.22. The molecule has 5 nitrogen and oxygen atoms in total. The molecule has 0 aliphatic heterocycles.